The largest absolute Gasteiger partial charge is 0.493 e. The summed E-state index contributed by atoms with van der Waals surface area (Å²) in [6, 6.07) is 2.90. The number of sulfone groups is 1. The summed E-state index contributed by atoms with van der Waals surface area (Å²) in [5.74, 6) is 1.25. The van der Waals surface area contributed by atoms with Crippen molar-refractivity contribution >= 4 is 15.7 Å². The normalized spacial score (nSPS) is 21.7. The van der Waals surface area contributed by atoms with Crippen molar-refractivity contribution in [3.63, 3.8) is 0 Å². The maximum Gasteiger partial charge on any atom is 0.254 e. The number of rotatable bonds is 3. The first-order valence-electron chi connectivity index (χ1n) is 7.36. The lowest BCUT2D eigenvalue weighted by atomic mass is 10.1. The number of hydrogen-bond acceptors (Lipinski definition) is 6. The Labute approximate surface area is 135 Å². The van der Waals surface area contributed by atoms with E-state index in [4.69, 9.17) is 14.2 Å². The Balaban J connectivity index is 1.87. The van der Waals surface area contributed by atoms with Crippen LogP contribution in [-0.4, -0.2) is 64.1 Å². The molecular weight excluding hydrogens is 322 g/mol. The molecule has 1 amide bonds. The number of benzene rings is 1. The number of carbonyl (C=O) groups excluding carboxylic acids is 1. The van der Waals surface area contributed by atoms with Crippen LogP contribution in [-0.2, 0) is 9.84 Å². The summed E-state index contributed by atoms with van der Waals surface area (Å²) in [7, 11) is 0.0706. The number of methoxy groups -OCH3 is 1. The van der Waals surface area contributed by atoms with E-state index in [1.165, 1.54) is 12.0 Å². The standard InChI is InChI=1S/C15H19NO6S/c1-16(11-3-6-23(18,19)9-11)15(17)10-7-12(20-2)14-13(8-10)21-4-5-22-14/h7-8,11H,3-6,9H2,1-2H3/t11-/m1/s1. The molecule has 7 nitrogen and oxygen atoms in total. The van der Waals surface area contributed by atoms with Crippen molar-refractivity contribution in [1.29, 1.82) is 0 Å². The molecule has 0 spiro atoms. The molecule has 0 bridgehead atoms. The Morgan fingerprint density at radius 1 is 1.30 bits per heavy atom. The van der Waals surface area contributed by atoms with Crippen LogP contribution in [0, 0.1) is 0 Å². The zero-order chi connectivity index (χ0) is 16.6. The van der Waals surface area contributed by atoms with Crippen LogP contribution in [0.1, 0.15) is 16.8 Å². The van der Waals surface area contributed by atoms with Crippen molar-refractivity contribution < 1.29 is 27.4 Å². The fourth-order valence-corrected chi connectivity index (χ4v) is 4.62. The third kappa shape index (κ3) is 3.08. The third-order valence-corrected chi connectivity index (χ3v) is 5.90. The molecule has 1 saturated heterocycles. The minimum Gasteiger partial charge on any atom is -0.493 e. The molecule has 2 aliphatic rings. The highest BCUT2D eigenvalue weighted by Gasteiger charge is 2.33. The van der Waals surface area contributed by atoms with Gasteiger partial charge < -0.3 is 19.1 Å². The van der Waals surface area contributed by atoms with E-state index in [1.807, 2.05) is 0 Å². The lowest BCUT2D eigenvalue weighted by molar-refractivity contribution is 0.0746. The molecule has 126 valence electrons. The maximum absolute atomic E-state index is 12.7. The van der Waals surface area contributed by atoms with Gasteiger partial charge in [0, 0.05) is 18.7 Å². The molecule has 0 N–H and O–H groups in total. The third-order valence-electron chi connectivity index (χ3n) is 4.15. The second kappa shape index (κ2) is 5.92. The molecule has 0 saturated carbocycles. The minimum atomic E-state index is -3.05. The highest BCUT2D eigenvalue weighted by molar-refractivity contribution is 7.91. The van der Waals surface area contributed by atoms with Gasteiger partial charge in [0.1, 0.15) is 13.2 Å². The van der Waals surface area contributed by atoms with E-state index in [2.05, 4.69) is 0 Å². The fourth-order valence-electron chi connectivity index (χ4n) is 2.85. The number of ether oxygens (including phenoxy) is 3. The van der Waals surface area contributed by atoms with Crippen molar-refractivity contribution in [3.05, 3.63) is 17.7 Å². The lowest BCUT2D eigenvalue weighted by Crippen LogP contribution is -2.37. The predicted octanol–water partition coefficient (Wildman–Crippen LogP) is 0.726. The molecule has 1 aromatic rings. The molecule has 2 aliphatic heterocycles. The van der Waals surface area contributed by atoms with Crippen molar-refractivity contribution in [2.75, 3.05) is 38.9 Å². The molecule has 1 fully saturated rings. The first kappa shape index (κ1) is 15.9. The van der Waals surface area contributed by atoms with Gasteiger partial charge in [-0.25, -0.2) is 8.42 Å². The zero-order valence-electron chi connectivity index (χ0n) is 13.1. The average molecular weight is 341 g/mol. The fraction of sp³-hybridized carbons (Fsp3) is 0.533. The van der Waals surface area contributed by atoms with Crippen LogP contribution in [0.2, 0.25) is 0 Å². The predicted molar refractivity (Wildman–Crippen MR) is 83.1 cm³/mol. The molecule has 0 radical (unpaired) electrons. The van der Waals surface area contributed by atoms with E-state index >= 15 is 0 Å². The number of hydrogen-bond donors (Lipinski definition) is 0. The molecule has 2 heterocycles. The summed E-state index contributed by atoms with van der Waals surface area (Å²) in [4.78, 5) is 14.2. The van der Waals surface area contributed by atoms with E-state index in [1.54, 1.807) is 19.2 Å². The highest BCUT2D eigenvalue weighted by Crippen LogP contribution is 2.40. The lowest BCUT2D eigenvalue weighted by Gasteiger charge is -2.25. The number of nitrogens with zero attached hydrogens (tertiary/aromatic N) is 1. The van der Waals surface area contributed by atoms with Crippen LogP contribution < -0.4 is 14.2 Å². The van der Waals surface area contributed by atoms with Crippen LogP contribution in [0.5, 0.6) is 17.2 Å². The molecule has 0 unspecified atom stereocenters. The Morgan fingerprint density at radius 2 is 2.04 bits per heavy atom. The summed E-state index contributed by atoms with van der Waals surface area (Å²) in [6.45, 7) is 0.834. The van der Waals surface area contributed by atoms with Crippen molar-refractivity contribution in [2.45, 2.75) is 12.5 Å². The first-order chi connectivity index (χ1) is 10.9. The Kier molecular flexibility index (Phi) is 4.09. The SMILES string of the molecule is COc1cc(C(=O)N(C)[C@@H]2CCS(=O)(=O)C2)cc2c1OCCO2. The van der Waals surface area contributed by atoms with Crippen LogP contribution >= 0.6 is 0 Å². The second-order valence-corrected chi connectivity index (χ2v) is 7.90. The summed E-state index contributed by atoms with van der Waals surface area (Å²) in [5, 5.41) is 0. The van der Waals surface area contributed by atoms with Gasteiger partial charge in [0.25, 0.3) is 5.91 Å². The monoisotopic (exact) mass is 341 g/mol. The van der Waals surface area contributed by atoms with E-state index in [-0.39, 0.29) is 23.5 Å². The van der Waals surface area contributed by atoms with Gasteiger partial charge in [-0.3, -0.25) is 4.79 Å². The van der Waals surface area contributed by atoms with Gasteiger partial charge in [-0.2, -0.15) is 0 Å². The minimum absolute atomic E-state index is 0.0108. The molecular formula is C15H19NO6S. The van der Waals surface area contributed by atoms with Crippen molar-refractivity contribution in [1.82, 2.24) is 4.90 Å². The van der Waals surface area contributed by atoms with Gasteiger partial charge >= 0.3 is 0 Å². The van der Waals surface area contributed by atoms with Crippen LogP contribution in [0.15, 0.2) is 12.1 Å². The number of carbonyl (C=O) groups is 1. The highest BCUT2D eigenvalue weighted by atomic mass is 32.2. The van der Waals surface area contributed by atoms with E-state index in [0.717, 1.165) is 0 Å². The molecule has 8 heteroatoms. The summed E-state index contributed by atoms with van der Waals surface area (Å²) < 4.78 is 39.5. The Hall–Kier alpha value is -1.96. The summed E-state index contributed by atoms with van der Waals surface area (Å²) in [6.07, 6.45) is 0.465. The van der Waals surface area contributed by atoms with Gasteiger partial charge in [-0.05, 0) is 18.6 Å². The molecule has 1 atom stereocenters. The van der Waals surface area contributed by atoms with E-state index in [0.29, 0.717) is 42.4 Å². The zero-order valence-corrected chi connectivity index (χ0v) is 13.9. The second-order valence-electron chi connectivity index (χ2n) is 5.68. The van der Waals surface area contributed by atoms with E-state index < -0.39 is 9.84 Å². The summed E-state index contributed by atoms with van der Waals surface area (Å²) >= 11 is 0. The molecule has 0 aliphatic carbocycles. The van der Waals surface area contributed by atoms with Crippen LogP contribution in [0.3, 0.4) is 0 Å². The Bertz CT molecular complexity index is 712. The molecule has 1 aromatic carbocycles. The van der Waals surface area contributed by atoms with Gasteiger partial charge in [0.2, 0.25) is 5.75 Å². The molecule has 0 aromatic heterocycles. The number of amides is 1. The first-order valence-corrected chi connectivity index (χ1v) is 9.18. The average Bonchev–Trinajstić information content (AvgIpc) is 2.92. The summed E-state index contributed by atoms with van der Waals surface area (Å²) in [5.41, 5.74) is 0.387. The van der Waals surface area contributed by atoms with Crippen molar-refractivity contribution in [2.24, 2.45) is 0 Å². The van der Waals surface area contributed by atoms with E-state index in [9.17, 15) is 13.2 Å². The van der Waals surface area contributed by atoms with Gasteiger partial charge in [-0.15, -0.1) is 0 Å². The molecule has 3 rings (SSSR count). The van der Waals surface area contributed by atoms with Gasteiger partial charge in [0.15, 0.2) is 21.3 Å². The maximum atomic E-state index is 12.7. The van der Waals surface area contributed by atoms with Gasteiger partial charge in [0.05, 0.1) is 18.6 Å². The van der Waals surface area contributed by atoms with Crippen LogP contribution in [0.4, 0.5) is 0 Å². The quantitative estimate of drug-likeness (QED) is 0.806. The van der Waals surface area contributed by atoms with Crippen LogP contribution in [0.25, 0.3) is 0 Å². The topological polar surface area (TPSA) is 82.1 Å². The van der Waals surface area contributed by atoms with Gasteiger partial charge in [-0.1, -0.05) is 0 Å². The van der Waals surface area contributed by atoms with Crippen molar-refractivity contribution in [3.8, 4) is 17.2 Å². The number of fused-ring (bicyclic) bond motifs is 1. The Morgan fingerprint density at radius 3 is 2.70 bits per heavy atom. The molecule has 23 heavy (non-hydrogen) atoms. The smallest absolute Gasteiger partial charge is 0.254 e.